The van der Waals surface area contributed by atoms with Gasteiger partial charge in [0.25, 0.3) is 5.69 Å². The highest BCUT2D eigenvalue weighted by molar-refractivity contribution is 6.31. The predicted molar refractivity (Wildman–Crippen MR) is 76.4 cm³/mol. The van der Waals surface area contributed by atoms with Gasteiger partial charge in [-0.25, -0.2) is 0 Å². The van der Waals surface area contributed by atoms with Crippen LogP contribution in [0.15, 0.2) is 18.2 Å². The number of halogens is 1. The molecule has 1 aliphatic rings. The number of nitriles is 1. The average Bonchev–Trinajstić information content (AvgIpc) is 2.93. The summed E-state index contributed by atoms with van der Waals surface area (Å²) in [6.07, 6.45) is 4.38. The van der Waals surface area contributed by atoms with E-state index in [1.807, 2.05) is 4.90 Å². The van der Waals surface area contributed by atoms with E-state index < -0.39 is 4.92 Å². The molecule has 1 aromatic rings. The first-order chi connectivity index (χ1) is 9.63. The summed E-state index contributed by atoms with van der Waals surface area (Å²) in [5, 5.41) is 20.5. The number of hydrogen-bond acceptors (Lipinski definition) is 4. The van der Waals surface area contributed by atoms with Gasteiger partial charge in [-0.15, -0.1) is 0 Å². The highest BCUT2D eigenvalue weighted by Crippen LogP contribution is 2.31. The van der Waals surface area contributed by atoms with Crippen LogP contribution in [0.5, 0.6) is 0 Å². The summed E-state index contributed by atoms with van der Waals surface area (Å²) in [6, 6.07) is 7.16. The Morgan fingerprint density at radius 1 is 1.45 bits per heavy atom. The molecule has 0 N–H and O–H groups in total. The first-order valence-electron chi connectivity index (χ1n) is 6.66. The Balaban J connectivity index is 2.26. The summed E-state index contributed by atoms with van der Waals surface area (Å²) in [5.41, 5.74) is 0.528. The molecule has 0 amide bonds. The zero-order valence-corrected chi connectivity index (χ0v) is 11.8. The second-order valence-electron chi connectivity index (χ2n) is 5.00. The molecule has 1 fully saturated rings. The minimum Gasteiger partial charge on any atom is -0.283 e. The highest BCUT2D eigenvalue weighted by atomic mass is 35.5. The molecule has 5 nitrogen and oxygen atoms in total. The summed E-state index contributed by atoms with van der Waals surface area (Å²) < 4.78 is 0. The third kappa shape index (κ3) is 3.27. The normalized spacial score (nSPS) is 15.4. The summed E-state index contributed by atoms with van der Waals surface area (Å²) in [7, 11) is 0. The van der Waals surface area contributed by atoms with E-state index in [0.29, 0.717) is 23.2 Å². The Bertz CT molecular complexity index is 536. The van der Waals surface area contributed by atoms with E-state index in [0.717, 1.165) is 25.7 Å². The molecule has 20 heavy (non-hydrogen) atoms. The van der Waals surface area contributed by atoms with Gasteiger partial charge in [0.2, 0.25) is 0 Å². The molecule has 1 aliphatic carbocycles. The molecule has 1 aromatic carbocycles. The van der Waals surface area contributed by atoms with Crippen LogP contribution in [0.3, 0.4) is 0 Å². The molecule has 0 aliphatic heterocycles. The van der Waals surface area contributed by atoms with Gasteiger partial charge in [0.05, 0.1) is 28.1 Å². The fraction of sp³-hybridized carbons (Fsp3) is 0.500. The largest absolute Gasteiger partial charge is 0.283 e. The Morgan fingerprint density at radius 2 is 2.15 bits per heavy atom. The lowest BCUT2D eigenvalue weighted by atomic mass is 10.1. The van der Waals surface area contributed by atoms with E-state index in [-0.39, 0.29) is 12.2 Å². The van der Waals surface area contributed by atoms with Crippen molar-refractivity contribution in [2.75, 3.05) is 6.54 Å². The number of nitrogens with zero attached hydrogens (tertiary/aromatic N) is 3. The molecular formula is C14H16ClN3O2. The molecule has 0 spiro atoms. The van der Waals surface area contributed by atoms with E-state index in [1.54, 1.807) is 12.1 Å². The van der Waals surface area contributed by atoms with Gasteiger partial charge in [0.15, 0.2) is 0 Å². The van der Waals surface area contributed by atoms with E-state index >= 15 is 0 Å². The minimum absolute atomic E-state index is 0.0263. The number of benzene rings is 1. The number of nitro benzene ring substituents is 1. The van der Waals surface area contributed by atoms with Gasteiger partial charge in [-0.3, -0.25) is 15.0 Å². The molecule has 0 saturated heterocycles. The fourth-order valence-electron chi connectivity index (χ4n) is 2.75. The molecule has 0 atom stereocenters. The topological polar surface area (TPSA) is 70.2 Å². The van der Waals surface area contributed by atoms with Crippen LogP contribution in [0.4, 0.5) is 5.69 Å². The van der Waals surface area contributed by atoms with E-state index in [9.17, 15) is 10.1 Å². The molecule has 2 rings (SSSR count). The molecule has 0 bridgehead atoms. The SMILES string of the molecule is N#CCN(Cc1c(Cl)cccc1[N+](=O)[O-])C1CCCC1. The van der Waals surface area contributed by atoms with Crippen LogP contribution in [0.1, 0.15) is 31.2 Å². The van der Waals surface area contributed by atoms with E-state index in [2.05, 4.69) is 6.07 Å². The van der Waals surface area contributed by atoms with Crippen LogP contribution in [0.2, 0.25) is 5.02 Å². The van der Waals surface area contributed by atoms with Gasteiger partial charge in [-0.2, -0.15) is 5.26 Å². The zero-order valence-electron chi connectivity index (χ0n) is 11.1. The monoisotopic (exact) mass is 293 g/mol. The van der Waals surface area contributed by atoms with Crippen molar-refractivity contribution < 1.29 is 4.92 Å². The molecule has 1 saturated carbocycles. The highest BCUT2D eigenvalue weighted by Gasteiger charge is 2.26. The molecule has 106 valence electrons. The number of nitro groups is 1. The van der Waals surface area contributed by atoms with Crippen LogP contribution in [0.25, 0.3) is 0 Å². The van der Waals surface area contributed by atoms with Crippen LogP contribution >= 0.6 is 11.6 Å². The maximum atomic E-state index is 11.1. The molecule has 0 heterocycles. The van der Waals surface area contributed by atoms with Crippen molar-refractivity contribution in [3.05, 3.63) is 38.9 Å². The second-order valence-corrected chi connectivity index (χ2v) is 5.40. The summed E-state index contributed by atoms with van der Waals surface area (Å²) in [5.74, 6) is 0. The smallest absolute Gasteiger partial charge is 0.275 e. The summed E-state index contributed by atoms with van der Waals surface area (Å²) in [4.78, 5) is 12.7. The maximum Gasteiger partial charge on any atom is 0.275 e. The Morgan fingerprint density at radius 3 is 2.75 bits per heavy atom. The first kappa shape index (κ1) is 14.8. The maximum absolute atomic E-state index is 11.1. The van der Waals surface area contributed by atoms with Crippen molar-refractivity contribution in [2.24, 2.45) is 0 Å². The predicted octanol–water partition coefficient (Wildman–Crippen LogP) is 3.52. The van der Waals surface area contributed by atoms with Crippen molar-refractivity contribution in [1.29, 1.82) is 5.26 Å². The quantitative estimate of drug-likeness (QED) is 0.473. The lowest BCUT2D eigenvalue weighted by Crippen LogP contribution is -2.33. The van der Waals surface area contributed by atoms with E-state index in [1.165, 1.54) is 6.07 Å². The summed E-state index contributed by atoms with van der Waals surface area (Å²) in [6.45, 7) is 0.626. The van der Waals surface area contributed by atoms with Crippen molar-refractivity contribution in [3.63, 3.8) is 0 Å². The zero-order chi connectivity index (χ0) is 14.5. The third-order valence-corrected chi connectivity index (χ3v) is 4.12. The van der Waals surface area contributed by atoms with Crippen molar-refractivity contribution in [2.45, 2.75) is 38.3 Å². The van der Waals surface area contributed by atoms with Gasteiger partial charge in [-0.1, -0.05) is 30.5 Å². The van der Waals surface area contributed by atoms with Crippen LogP contribution in [-0.4, -0.2) is 22.4 Å². The standard InChI is InChI=1S/C14H16ClN3O2/c15-13-6-3-7-14(18(19)20)12(13)10-17(9-8-16)11-4-1-2-5-11/h3,6-7,11H,1-2,4-5,9-10H2. The van der Waals surface area contributed by atoms with Crippen LogP contribution in [-0.2, 0) is 6.54 Å². The Kier molecular flexibility index (Phi) is 4.94. The lowest BCUT2D eigenvalue weighted by Gasteiger charge is -2.26. The molecule has 6 heteroatoms. The average molecular weight is 294 g/mol. The fourth-order valence-corrected chi connectivity index (χ4v) is 2.98. The molecule has 0 radical (unpaired) electrons. The Hall–Kier alpha value is -1.64. The minimum atomic E-state index is -0.416. The number of rotatable bonds is 5. The second kappa shape index (κ2) is 6.69. The Labute approximate surface area is 122 Å². The van der Waals surface area contributed by atoms with Crippen molar-refractivity contribution in [3.8, 4) is 6.07 Å². The molecule has 0 unspecified atom stereocenters. The van der Waals surface area contributed by atoms with E-state index in [4.69, 9.17) is 16.9 Å². The lowest BCUT2D eigenvalue weighted by molar-refractivity contribution is -0.385. The van der Waals surface area contributed by atoms with Gasteiger partial charge < -0.3 is 0 Å². The van der Waals surface area contributed by atoms with Crippen molar-refractivity contribution >= 4 is 17.3 Å². The first-order valence-corrected chi connectivity index (χ1v) is 7.04. The molecule has 0 aromatic heterocycles. The molecular weight excluding hydrogens is 278 g/mol. The third-order valence-electron chi connectivity index (χ3n) is 3.77. The van der Waals surface area contributed by atoms with Gasteiger partial charge >= 0.3 is 0 Å². The van der Waals surface area contributed by atoms with Crippen molar-refractivity contribution in [1.82, 2.24) is 4.90 Å². The van der Waals surface area contributed by atoms with Gasteiger partial charge in [0, 0.05) is 18.7 Å². The van der Waals surface area contributed by atoms with Gasteiger partial charge in [0.1, 0.15) is 0 Å². The van der Waals surface area contributed by atoms with Crippen LogP contribution < -0.4 is 0 Å². The van der Waals surface area contributed by atoms with Gasteiger partial charge in [-0.05, 0) is 18.9 Å². The van der Waals surface area contributed by atoms with Crippen LogP contribution in [0, 0.1) is 21.4 Å². The summed E-state index contributed by atoms with van der Waals surface area (Å²) >= 11 is 6.11. The number of hydrogen-bond donors (Lipinski definition) is 0.